The van der Waals surface area contributed by atoms with Gasteiger partial charge in [0.15, 0.2) is 0 Å². The van der Waals surface area contributed by atoms with Crippen molar-refractivity contribution in [2.75, 3.05) is 26.8 Å². The highest BCUT2D eigenvalue weighted by Crippen LogP contribution is 2.15. The molecule has 0 aliphatic heterocycles. The molecule has 0 radical (unpaired) electrons. The van der Waals surface area contributed by atoms with Gasteiger partial charge in [-0.15, -0.1) is 0 Å². The summed E-state index contributed by atoms with van der Waals surface area (Å²) in [5, 5.41) is 0. The molecule has 0 unspecified atom stereocenters. The molecule has 1 atom stereocenters. The van der Waals surface area contributed by atoms with Gasteiger partial charge in [-0.25, -0.2) is 0 Å². The van der Waals surface area contributed by atoms with Crippen molar-refractivity contribution in [2.24, 2.45) is 0 Å². The number of methoxy groups -OCH3 is 1. The van der Waals surface area contributed by atoms with Crippen molar-refractivity contribution >= 4 is 10.1 Å². The quantitative estimate of drug-likeness (QED) is 0.243. The maximum absolute atomic E-state index is 11.2. The molecule has 0 bridgehead atoms. The second-order valence-corrected chi connectivity index (χ2v) is 7.39. The molecule has 0 N–H and O–H groups in total. The van der Waals surface area contributed by atoms with Gasteiger partial charge in [0.25, 0.3) is 10.1 Å². The first kappa shape index (κ1) is 21.8. The third-order valence-electron chi connectivity index (χ3n) is 3.44. The van der Waals surface area contributed by atoms with Crippen LogP contribution in [0, 0.1) is 0 Å². The van der Waals surface area contributed by atoms with Crippen LogP contribution < -0.4 is 0 Å². The van der Waals surface area contributed by atoms with Crippen LogP contribution in [0.25, 0.3) is 0 Å². The van der Waals surface area contributed by atoms with Crippen LogP contribution in [0.5, 0.6) is 0 Å². The van der Waals surface area contributed by atoms with E-state index >= 15 is 0 Å². The van der Waals surface area contributed by atoms with Gasteiger partial charge in [-0.05, 0) is 19.3 Å². The lowest BCUT2D eigenvalue weighted by Gasteiger charge is -2.15. The summed E-state index contributed by atoms with van der Waals surface area (Å²) in [5.41, 5.74) is 0. The minimum Gasteiger partial charge on any atom is -0.359 e. The Balaban J connectivity index is 3.46. The molecule has 0 saturated heterocycles. The Hall–Kier alpha value is -0.170. The van der Waals surface area contributed by atoms with Crippen molar-refractivity contribution in [2.45, 2.75) is 77.2 Å². The molecule has 6 heteroatoms. The zero-order valence-electron chi connectivity index (χ0n) is 14.5. The Morgan fingerprint density at radius 1 is 0.909 bits per heavy atom. The minimum absolute atomic E-state index is 0.141. The van der Waals surface area contributed by atoms with Gasteiger partial charge in [0.05, 0.1) is 12.4 Å². The van der Waals surface area contributed by atoms with E-state index < -0.39 is 10.1 Å². The van der Waals surface area contributed by atoms with Crippen LogP contribution in [0.4, 0.5) is 0 Å². The standard InChI is InChI=1S/C16H34O5S/c1-4-12-16(21-22(3,17)18)13-10-8-6-5-7-9-11-14-20-15-19-2/h16H,4-15H2,1-3H3/t16-/m1/s1. The monoisotopic (exact) mass is 338 g/mol. The zero-order valence-corrected chi connectivity index (χ0v) is 15.3. The van der Waals surface area contributed by atoms with E-state index in [0.29, 0.717) is 6.79 Å². The van der Waals surface area contributed by atoms with E-state index in [4.69, 9.17) is 13.7 Å². The molecule has 0 amide bonds. The van der Waals surface area contributed by atoms with Crippen molar-refractivity contribution in [1.82, 2.24) is 0 Å². The van der Waals surface area contributed by atoms with E-state index in [0.717, 1.165) is 51.4 Å². The van der Waals surface area contributed by atoms with Crippen LogP contribution in [0.2, 0.25) is 0 Å². The van der Waals surface area contributed by atoms with Gasteiger partial charge in [0, 0.05) is 13.7 Å². The summed E-state index contributed by atoms with van der Waals surface area (Å²) in [4.78, 5) is 0. The normalized spacial score (nSPS) is 13.4. The summed E-state index contributed by atoms with van der Waals surface area (Å²) in [6.45, 7) is 3.21. The fourth-order valence-corrected chi connectivity index (χ4v) is 3.10. The molecule has 0 rings (SSSR count). The molecule has 5 nitrogen and oxygen atoms in total. The highest BCUT2D eigenvalue weighted by atomic mass is 32.2. The predicted molar refractivity (Wildman–Crippen MR) is 89.4 cm³/mol. The number of hydrogen-bond donors (Lipinski definition) is 0. The topological polar surface area (TPSA) is 61.8 Å². The maximum Gasteiger partial charge on any atom is 0.264 e. The van der Waals surface area contributed by atoms with Crippen LogP contribution in [0.3, 0.4) is 0 Å². The zero-order chi connectivity index (χ0) is 16.7. The molecule has 0 aromatic rings. The number of unbranched alkanes of at least 4 members (excludes halogenated alkanes) is 6. The fraction of sp³-hybridized carbons (Fsp3) is 1.00. The number of ether oxygens (including phenoxy) is 2. The molecule has 0 fully saturated rings. The molecule has 0 saturated carbocycles. The predicted octanol–water partition coefficient (Wildman–Crippen LogP) is 3.87. The van der Waals surface area contributed by atoms with Crippen molar-refractivity contribution in [3.05, 3.63) is 0 Å². The summed E-state index contributed by atoms with van der Waals surface area (Å²) >= 11 is 0. The maximum atomic E-state index is 11.2. The Labute approximate surface area is 136 Å². The van der Waals surface area contributed by atoms with E-state index in [-0.39, 0.29) is 6.10 Å². The Bertz CT molecular complexity index is 329. The van der Waals surface area contributed by atoms with E-state index in [9.17, 15) is 8.42 Å². The van der Waals surface area contributed by atoms with Gasteiger partial charge in [-0.3, -0.25) is 4.18 Å². The first-order valence-electron chi connectivity index (χ1n) is 8.44. The molecule has 134 valence electrons. The van der Waals surface area contributed by atoms with Gasteiger partial charge in [-0.2, -0.15) is 8.42 Å². The van der Waals surface area contributed by atoms with E-state index in [1.165, 1.54) is 25.7 Å². The molecule has 0 aromatic carbocycles. The second kappa shape index (κ2) is 14.4. The number of hydrogen-bond acceptors (Lipinski definition) is 5. The summed E-state index contributed by atoms with van der Waals surface area (Å²) in [6, 6.07) is 0. The van der Waals surface area contributed by atoms with Crippen LogP contribution >= 0.6 is 0 Å². The molecular formula is C16H34O5S. The van der Waals surface area contributed by atoms with Crippen LogP contribution in [0.15, 0.2) is 0 Å². The highest BCUT2D eigenvalue weighted by Gasteiger charge is 2.14. The first-order chi connectivity index (χ1) is 10.5. The molecule has 22 heavy (non-hydrogen) atoms. The minimum atomic E-state index is -3.33. The molecule has 0 heterocycles. The third-order valence-corrected chi connectivity index (χ3v) is 4.06. The lowest BCUT2D eigenvalue weighted by Crippen LogP contribution is -2.17. The summed E-state index contributed by atoms with van der Waals surface area (Å²) in [7, 11) is -1.70. The van der Waals surface area contributed by atoms with Crippen molar-refractivity contribution in [3.8, 4) is 0 Å². The average molecular weight is 339 g/mol. The summed E-state index contributed by atoms with van der Waals surface area (Å²) in [5.74, 6) is 0. The second-order valence-electron chi connectivity index (χ2n) is 5.79. The molecule has 0 aliphatic rings. The van der Waals surface area contributed by atoms with Crippen molar-refractivity contribution in [1.29, 1.82) is 0 Å². The van der Waals surface area contributed by atoms with Gasteiger partial charge in [0.2, 0.25) is 0 Å². The summed E-state index contributed by atoms with van der Waals surface area (Å²) in [6.07, 6.45) is 11.7. The Morgan fingerprint density at radius 3 is 2.05 bits per heavy atom. The van der Waals surface area contributed by atoms with Gasteiger partial charge in [0.1, 0.15) is 6.79 Å². The first-order valence-corrected chi connectivity index (χ1v) is 10.3. The van der Waals surface area contributed by atoms with E-state index in [1.54, 1.807) is 7.11 Å². The third kappa shape index (κ3) is 16.2. The van der Waals surface area contributed by atoms with Gasteiger partial charge in [-0.1, -0.05) is 51.9 Å². The van der Waals surface area contributed by atoms with Gasteiger partial charge >= 0.3 is 0 Å². The van der Waals surface area contributed by atoms with Crippen molar-refractivity contribution in [3.63, 3.8) is 0 Å². The van der Waals surface area contributed by atoms with Crippen LogP contribution in [0.1, 0.15) is 71.1 Å². The van der Waals surface area contributed by atoms with Gasteiger partial charge < -0.3 is 9.47 Å². The molecular weight excluding hydrogens is 304 g/mol. The van der Waals surface area contributed by atoms with E-state index in [2.05, 4.69) is 6.92 Å². The summed E-state index contributed by atoms with van der Waals surface area (Å²) < 4.78 is 37.5. The Morgan fingerprint density at radius 2 is 1.50 bits per heavy atom. The molecule has 0 aromatic heterocycles. The number of rotatable bonds is 16. The Kier molecular flexibility index (Phi) is 14.3. The van der Waals surface area contributed by atoms with Crippen molar-refractivity contribution < 1.29 is 22.1 Å². The lowest BCUT2D eigenvalue weighted by atomic mass is 10.0. The highest BCUT2D eigenvalue weighted by molar-refractivity contribution is 7.86. The molecule has 0 spiro atoms. The largest absolute Gasteiger partial charge is 0.359 e. The fourth-order valence-electron chi connectivity index (χ4n) is 2.41. The average Bonchev–Trinajstić information content (AvgIpc) is 2.43. The SMILES string of the molecule is CCC[C@H](CCCCCCCCCOCOC)OS(C)(=O)=O. The smallest absolute Gasteiger partial charge is 0.264 e. The lowest BCUT2D eigenvalue weighted by molar-refractivity contribution is -0.0315. The van der Waals surface area contributed by atoms with Crippen LogP contribution in [-0.4, -0.2) is 41.3 Å². The molecule has 0 aliphatic carbocycles. The van der Waals surface area contributed by atoms with E-state index in [1.807, 2.05) is 0 Å². The van der Waals surface area contributed by atoms with Crippen LogP contribution in [-0.2, 0) is 23.8 Å².